The molecule has 1 amide bonds. The van der Waals surface area contributed by atoms with E-state index in [1.165, 1.54) is 11.1 Å². The molecule has 0 saturated carbocycles. The number of aryl methyl sites for hydroxylation is 2. The number of carbonyl (C=O) groups excluding carboxylic acids is 1. The predicted molar refractivity (Wildman–Crippen MR) is 116 cm³/mol. The second kappa shape index (κ2) is 7.19. The van der Waals surface area contributed by atoms with Crippen LogP contribution in [0.1, 0.15) is 27.2 Å². The second-order valence-corrected chi connectivity index (χ2v) is 7.45. The fourth-order valence-corrected chi connectivity index (χ4v) is 3.43. The minimum Gasteiger partial charge on any atom is -0.451 e. The number of rotatable bonds is 4. The molecule has 148 valence electrons. The van der Waals surface area contributed by atoms with Crippen LogP contribution in [-0.4, -0.2) is 10.9 Å². The van der Waals surface area contributed by atoms with Crippen molar-refractivity contribution in [3.05, 3.63) is 89.2 Å². The van der Waals surface area contributed by atoms with Crippen LogP contribution in [0.4, 0.5) is 0 Å². The number of hydrogen-bond acceptors (Lipinski definition) is 4. The minimum atomic E-state index is -0.236. The van der Waals surface area contributed by atoms with Gasteiger partial charge in [0.15, 0.2) is 11.3 Å². The van der Waals surface area contributed by atoms with Crippen molar-refractivity contribution in [3.63, 3.8) is 0 Å². The normalized spacial score (nSPS) is 11.3. The van der Waals surface area contributed by atoms with E-state index in [1.807, 2.05) is 60.7 Å². The Labute approximate surface area is 173 Å². The summed E-state index contributed by atoms with van der Waals surface area (Å²) < 4.78 is 11.5. The van der Waals surface area contributed by atoms with Crippen molar-refractivity contribution in [3.8, 4) is 11.5 Å². The third-order valence-electron chi connectivity index (χ3n) is 5.31. The quantitative estimate of drug-likeness (QED) is 0.418. The first-order valence-corrected chi connectivity index (χ1v) is 9.81. The van der Waals surface area contributed by atoms with E-state index in [1.54, 1.807) is 6.07 Å². The number of hydrogen-bond donors (Lipinski definition) is 1. The standard InChI is InChI=1S/C25H20N2O3/c1-15-11-20-22(12-16(15)2)30-25(27-20)18-9-7-17(8-10-18)14-26-24(28)23-13-19-5-3-4-6-21(19)29-23/h3-13H,14H2,1-2H3,(H,26,28). The predicted octanol–water partition coefficient (Wildman–Crippen LogP) is 5.79. The largest absolute Gasteiger partial charge is 0.451 e. The van der Waals surface area contributed by atoms with Crippen molar-refractivity contribution >= 4 is 28.0 Å². The lowest BCUT2D eigenvalue weighted by molar-refractivity contribution is 0.0925. The summed E-state index contributed by atoms with van der Waals surface area (Å²) in [6.45, 7) is 4.53. The average Bonchev–Trinajstić information content (AvgIpc) is 3.37. The maximum atomic E-state index is 12.4. The molecule has 1 N–H and O–H groups in total. The fourth-order valence-electron chi connectivity index (χ4n) is 3.43. The molecule has 0 radical (unpaired) electrons. The Bertz CT molecular complexity index is 1310. The molecule has 5 heteroatoms. The summed E-state index contributed by atoms with van der Waals surface area (Å²) in [5, 5.41) is 3.81. The Morgan fingerprint density at radius 3 is 2.47 bits per heavy atom. The van der Waals surface area contributed by atoms with E-state index >= 15 is 0 Å². The average molecular weight is 396 g/mol. The van der Waals surface area contributed by atoms with Crippen molar-refractivity contribution in [1.29, 1.82) is 0 Å². The fraction of sp³-hybridized carbons (Fsp3) is 0.120. The van der Waals surface area contributed by atoms with Gasteiger partial charge < -0.3 is 14.2 Å². The van der Waals surface area contributed by atoms with Gasteiger partial charge in [-0.3, -0.25) is 4.79 Å². The lowest BCUT2D eigenvalue weighted by atomic mass is 10.1. The Morgan fingerprint density at radius 2 is 1.67 bits per heavy atom. The van der Waals surface area contributed by atoms with Gasteiger partial charge in [0.2, 0.25) is 5.89 Å². The zero-order valence-electron chi connectivity index (χ0n) is 16.7. The van der Waals surface area contributed by atoms with E-state index in [0.717, 1.165) is 27.6 Å². The van der Waals surface area contributed by atoms with Gasteiger partial charge in [-0.2, -0.15) is 0 Å². The van der Waals surface area contributed by atoms with Crippen LogP contribution in [0.15, 0.2) is 75.6 Å². The summed E-state index contributed by atoms with van der Waals surface area (Å²) >= 11 is 0. The molecule has 0 unspecified atom stereocenters. The second-order valence-electron chi connectivity index (χ2n) is 7.45. The first kappa shape index (κ1) is 18.2. The van der Waals surface area contributed by atoms with Crippen LogP contribution in [0.3, 0.4) is 0 Å². The van der Waals surface area contributed by atoms with Gasteiger partial charge in [-0.15, -0.1) is 0 Å². The number of furan rings is 1. The number of amides is 1. The van der Waals surface area contributed by atoms with Crippen LogP contribution in [0.5, 0.6) is 0 Å². The number of nitrogens with one attached hydrogen (secondary N) is 1. The number of nitrogens with zero attached hydrogens (tertiary/aromatic N) is 1. The van der Waals surface area contributed by atoms with Gasteiger partial charge in [-0.25, -0.2) is 4.98 Å². The molecule has 0 spiro atoms. The molecule has 5 rings (SSSR count). The third kappa shape index (κ3) is 3.35. The molecule has 0 saturated heterocycles. The van der Waals surface area contributed by atoms with Crippen molar-refractivity contribution < 1.29 is 13.6 Å². The highest BCUT2D eigenvalue weighted by atomic mass is 16.4. The Hall–Kier alpha value is -3.86. The van der Waals surface area contributed by atoms with Crippen LogP contribution in [0, 0.1) is 13.8 Å². The summed E-state index contributed by atoms with van der Waals surface area (Å²) in [6, 6.07) is 21.2. The smallest absolute Gasteiger partial charge is 0.287 e. The molecule has 0 aliphatic carbocycles. The van der Waals surface area contributed by atoms with Crippen LogP contribution in [0.25, 0.3) is 33.5 Å². The van der Waals surface area contributed by atoms with Gasteiger partial charge in [-0.05, 0) is 66.9 Å². The molecule has 0 bridgehead atoms. The highest BCUT2D eigenvalue weighted by Crippen LogP contribution is 2.26. The molecular formula is C25H20N2O3. The highest BCUT2D eigenvalue weighted by molar-refractivity contribution is 5.96. The number of fused-ring (bicyclic) bond motifs is 2. The number of aromatic nitrogens is 1. The summed E-state index contributed by atoms with van der Waals surface area (Å²) in [7, 11) is 0. The van der Waals surface area contributed by atoms with E-state index in [9.17, 15) is 4.79 Å². The third-order valence-corrected chi connectivity index (χ3v) is 5.31. The lowest BCUT2D eigenvalue weighted by Crippen LogP contribution is -2.22. The Balaban J connectivity index is 1.29. The summed E-state index contributed by atoms with van der Waals surface area (Å²) in [5.74, 6) is 0.665. The van der Waals surface area contributed by atoms with Crippen LogP contribution >= 0.6 is 0 Å². The van der Waals surface area contributed by atoms with Gasteiger partial charge in [0, 0.05) is 17.5 Å². The molecule has 2 aromatic heterocycles. The SMILES string of the molecule is Cc1cc2nc(-c3ccc(CNC(=O)c4cc5ccccc5o4)cc3)oc2cc1C. The topological polar surface area (TPSA) is 68.3 Å². The van der Waals surface area contributed by atoms with E-state index in [4.69, 9.17) is 8.83 Å². The van der Waals surface area contributed by atoms with Crippen LogP contribution in [-0.2, 0) is 6.54 Å². The molecule has 3 aromatic carbocycles. The number of benzene rings is 3. The van der Waals surface area contributed by atoms with Gasteiger partial charge in [0.1, 0.15) is 11.1 Å². The van der Waals surface area contributed by atoms with E-state index < -0.39 is 0 Å². The van der Waals surface area contributed by atoms with Gasteiger partial charge in [-0.1, -0.05) is 30.3 Å². The Morgan fingerprint density at radius 1 is 0.900 bits per heavy atom. The zero-order valence-corrected chi connectivity index (χ0v) is 16.7. The highest BCUT2D eigenvalue weighted by Gasteiger charge is 2.13. The molecule has 0 fully saturated rings. The van der Waals surface area contributed by atoms with E-state index in [-0.39, 0.29) is 5.91 Å². The maximum Gasteiger partial charge on any atom is 0.287 e. The summed E-state index contributed by atoms with van der Waals surface area (Å²) in [4.78, 5) is 17.0. The molecule has 0 aliphatic heterocycles. The molecular weight excluding hydrogens is 376 g/mol. The molecule has 30 heavy (non-hydrogen) atoms. The number of carbonyl (C=O) groups is 1. The summed E-state index contributed by atoms with van der Waals surface area (Å²) in [5.41, 5.74) is 6.60. The zero-order chi connectivity index (χ0) is 20.7. The van der Waals surface area contributed by atoms with Gasteiger partial charge in [0.05, 0.1) is 0 Å². The number of oxazole rings is 1. The molecule has 0 aliphatic rings. The monoisotopic (exact) mass is 396 g/mol. The van der Waals surface area contributed by atoms with Crippen LogP contribution in [0.2, 0.25) is 0 Å². The lowest BCUT2D eigenvalue weighted by Gasteiger charge is -2.04. The minimum absolute atomic E-state index is 0.236. The van der Waals surface area contributed by atoms with Gasteiger partial charge in [0.25, 0.3) is 5.91 Å². The Kier molecular flexibility index (Phi) is 4.36. The summed E-state index contributed by atoms with van der Waals surface area (Å²) in [6.07, 6.45) is 0. The van der Waals surface area contributed by atoms with E-state index in [2.05, 4.69) is 24.1 Å². The number of para-hydroxylation sites is 1. The van der Waals surface area contributed by atoms with Crippen molar-refractivity contribution in [2.75, 3.05) is 0 Å². The molecule has 5 nitrogen and oxygen atoms in total. The van der Waals surface area contributed by atoms with Crippen molar-refractivity contribution in [1.82, 2.24) is 10.3 Å². The van der Waals surface area contributed by atoms with E-state index in [0.29, 0.717) is 23.8 Å². The van der Waals surface area contributed by atoms with Crippen molar-refractivity contribution in [2.24, 2.45) is 0 Å². The van der Waals surface area contributed by atoms with Gasteiger partial charge >= 0.3 is 0 Å². The maximum absolute atomic E-state index is 12.4. The van der Waals surface area contributed by atoms with Crippen LogP contribution < -0.4 is 5.32 Å². The molecule has 5 aromatic rings. The molecule has 0 atom stereocenters. The van der Waals surface area contributed by atoms with Crippen molar-refractivity contribution in [2.45, 2.75) is 20.4 Å². The molecule has 2 heterocycles. The first-order valence-electron chi connectivity index (χ1n) is 9.81. The first-order chi connectivity index (χ1) is 14.6.